The maximum Gasteiger partial charge on any atom is 0.307 e. The first-order valence-corrected chi connectivity index (χ1v) is 8.27. The van der Waals surface area contributed by atoms with Crippen LogP contribution in [0.15, 0.2) is 30.3 Å². The molecule has 24 heavy (non-hydrogen) atoms. The van der Waals surface area contributed by atoms with Crippen molar-refractivity contribution in [2.45, 2.75) is 26.3 Å². The van der Waals surface area contributed by atoms with Gasteiger partial charge in [0.25, 0.3) is 0 Å². The molecule has 3 nitrogen and oxygen atoms in total. The summed E-state index contributed by atoms with van der Waals surface area (Å²) in [6.07, 6.45) is -0.157. The van der Waals surface area contributed by atoms with Gasteiger partial charge < -0.3 is 10.5 Å². The Morgan fingerprint density at radius 2 is 1.96 bits per heavy atom. The number of hydrogen-bond acceptors (Lipinski definition) is 3. The Morgan fingerprint density at radius 3 is 2.58 bits per heavy atom. The van der Waals surface area contributed by atoms with Crippen molar-refractivity contribution in [3.8, 4) is 11.1 Å². The molecule has 0 aliphatic heterocycles. The van der Waals surface area contributed by atoms with Gasteiger partial charge in [-0.2, -0.15) is 0 Å². The van der Waals surface area contributed by atoms with Crippen LogP contribution >= 0.6 is 23.2 Å². The number of carbonyl (C=O) groups is 1. The van der Waals surface area contributed by atoms with Crippen LogP contribution in [0.1, 0.15) is 30.5 Å². The molecule has 128 valence electrons. The summed E-state index contributed by atoms with van der Waals surface area (Å²) in [7, 11) is 0. The quantitative estimate of drug-likeness (QED) is 0.749. The lowest BCUT2D eigenvalue weighted by Gasteiger charge is -2.19. The van der Waals surface area contributed by atoms with E-state index in [2.05, 4.69) is 0 Å². The summed E-state index contributed by atoms with van der Waals surface area (Å²) in [6, 6.07) is 7.85. The summed E-state index contributed by atoms with van der Waals surface area (Å²) in [5, 5.41) is 0.651. The van der Waals surface area contributed by atoms with Crippen molar-refractivity contribution < 1.29 is 13.9 Å². The van der Waals surface area contributed by atoms with Crippen LogP contribution in [0.5, 0.6) is 0 Å². The first-order valence-electron chi connectivity index (χ1n) is 7.51. The van der Waals surface area contributed by atoms with Gasteiger partial charge in [-0.05, 0) is 31.5 Å². The van der Waals surface area contributed by atoms with E-state index < -0.39 is 17.8 Å². The molecule has 0 bridgehead atoms. The number of halogens is 3. The molecule has 0 aliphatic carbocycles. The molecular weight excluding hydrogens is 352 g/mol. The maximum atomic E-state index is 14.6. The molecule has 2 rings (SSSR count). The van der Waals surface area contributed by atoms with Crippen molar-refractivity contribution in [2.75, 3.05) is 6.61 Å². The molecule has 6 heteroatoms. The van der Waals surface area contributed by atoms with Gasteiger partial charge in [0, 0.05) is 27.8 Å². The molecule has 0 amide bonds. The summed E-state index contributed by atoms with van der Waals surface area (Å²) < 4.78 is 19.5. The predicted molar refractivity (Wildman–Crippen MR) is 94.8 cm³/mol. The number of esters is 1. The summed E-state index contributed by atoms with van der Waals surface area (Å²) in [5.74, 6) is -1.02. The molecule has 0 radical (unpaired) electrons. The van der Waals surface area contributed by atoms with Crippen LogP contribution in [-0.2, 0) is 9.53 Å². The third kappa shape index (κ3) is 3.89. The lowest BCUT2D eigenvalue weighted by atomic mass is 9.94. The van der Waals surface area contributed by atoms with E-state index in [-0.39, 0.29) is 23.6 Å². The lowest BCUT2D eigenvalue weighted by molar-refractivity contribution is -0.143. The number of carbonyl (C=O) groups excluding carboxylic acids is 1. The minimum atomic E-state index is -0.905. The number of aryl methyl sites for hydroxylation is 1. The second-order valence-electron chi connectivity index (χ2n) is 5.38. The average Bonchev–Trinajstić information content (AvgIpc) is 2.52. The number of benzene rings is 2. The number of nitrogens with two attached hydrogens (primary N) is 1. The van der Waals surface area contributed by atoms with E-state index in [0.29, 0.717) is 21.7 Å². The summed E-state index contributed by atoms with van der Waals surface area (Å²) in [4.78, 5) is 11.7. The largest absolute Gasteiger partial charge is 0.466 e. The second-order valence-corrected chi connectivity index (χ2v) is 6.16. The molecule has 1 atom stereocenters. The average molecular weight is 370 g/mol. The summed E-state index contributed by atoms with van der Waals surface area (Å²) in [5.41, 5.74) is 7.76. The minimum Gasteiger partial charge on any atom is -0.466 e. The Morgan fingerprint density at radius 1 is 1.29 bits per heavy atom. The molecular formula is C18H18Cl2FNO2. The van der Waals surface area contributed by atoms with Crippen LogP contribution in [-0.4, -0.2) is 12.6 Å². The van der Waals surface area contributed by atoms with Crippen LogP contribution in [0.3, 0.4) is 0 Å². The van der Waals surface area contributed by atoms with Gasteiger partial charge in [-0.25, -0.2) is 4.39 Å². The normalized spacial score (nSPS) is 12.1. The third-order valence-corrected chi connectivity index (χ3v) is 4.38. The van der Waals surface area contributed by atoms with E-state index in [0.717, 1.165) is 0 Å². The van der Waals surface area contributed by atoms with Crippen molar-refractivity contribution >= 4 is 29.2 Å². The zero-order valence-electron chi connectivity index (χ0n) is 13.4. The summed E-state index contributed by atoms with van der Waals surface area (Å²) >= 11 is 12.6. The van der Waals surface area contributed by atoms with E-state index in [9.17, 15) is 9.18 Å². The van der Waals surface area contributed by atoms with Crippen molar-refractivity contribution in [3.63, 3.8) is 0 Å². The Balaban J connectivity index is 2.53. The number of ether oxygens (including phenoxy) is 1. The van der Waals surface area contributed by atoms with Crippen LogP contribution in [0.25, 0.3) is 11.1 Å². The van der Waals surface area contributed by atoms with Crippen LogP contribution < -0.4 is 5.73 Å². The highest BCUT2D eigenvalue weighted by atomic mass is 35.5. The highest BCUT2D eigenvalue weighted by molar-refractivity contribution is 6.37. The Bertz CT molecular complexity index is 765. The molecule has 0 spiro atoms. The highest BCUT2D eigenvalue weighted by Crippen LogP contribution is 2.39. The standard InChI is InChI=1S/C18H18Cl2FNO2/c1-3-24-15(23)9-14(22)16-17(20)12(8-10(2)18(16)21)11-6-4-5-7-13(11)19/h4-8,14H,3,9,22H2,1-2H3. The molecule has 0 aliphatic rings. The highest BCUT2D eigenvalue weighted by Gasteiger charge is 2.24. The molecule has 2 aromatic rings. The van der Waals surface area contributed by atoms with E-state index in [1.54, 1.807) is 38.1 Å². The van der Waals surface area contributed by atoms with Crippen molar-refractivity contribution in [1.82, 2.24) is 0 Å². The fourth-order valence-corrected chi connectivity index (χ4v) is 3.12. The van der Waals surface area contributed by atoms with Gasteiger partial charge in [0.1, 0.15) is 5.82 Å². The topological polar surface area (TPSA) is 52.3 Å². The smallest absolute Gasteiger partial charge is 0.307 e. The van der Waals surface area contributed by atoms with Gasteiger partial charge in [-0.15, -0.1) is 0 Å². The van der Waals surface area contributed by atoms with Gasteiger partial charge in [-0.3, -0.25) is 4.79 Å². The van der Waals surface area contributed by atoms with E-state index in [1.165, 1.54) is 0 Å². The van der Waals surface area contributed by atoms with Crippen molar-refractivity contribution in [1.29, 1.82) is 0 Å². The molecule has 0 fully saturated rings. The van der Waals surface area contributed by atoms with Gasteiger partial charge in [-0.1, -0.05) is 41.4 Å². The van der Waals surface area contributed by atoms with Gasteiger partial charge in [0.2, 0.25) is 0 Å². The monoisotopic (exact) mass is 369 g/mol. The van der Waals surface area contributed by atoms with E-state index >= 15 is 0 Å². The molecule has 1 unspecified atom stereocenters. The molecule has 0 heterocycles. The van der Waals surface area contributed by atoms with Crippen molar-refractivity contribution in [2.24, 2.45) is 5.73 Å². The molecule has 2 N–H and O–H groups in total. The molecule has 2 aromatic carbocycles. The SMILES string of the molecule is CCOC(=O)CC(N)c1c(F)c(C)cc(-c2ccccc2Cl)c1Cl. The van der Waals surface area contributed by atoms with Gasteiger partial charge >= 0.3 is 5.97 Å². The number of hydrogen-bond donors (Lipinski definition) is 1. The molecule has 0 saturated heterocycles. The predicted octanol–water partition coefficient (Wildman–Crippen LogP) is 5.06. The zero-order valence-corrected chi connectivity index (χ0v) is 14.9. The van der Waals surface area contributed by atoms with Gasteiger partial charge in [0.15, 0.2) is 0 Å². The fourth-order valence-electron chi connectivity index (χ4n) is 2.50. The first kappa shape index (κ1) is 18.7. The Labute approximate surface area is 150 Å². The van der Waals surface area contributed by atoms with Crippen LogP contribution in [0.2, 0.25) is 10.0 Å². The minimum absolute atomic E-state index is 0.0969. The zero-order chi connectivity index (χ0) is 17.9. The maximum absolute atomic E-state index is 14.6. The Kier molecular flexibility index (Phi) is 6.21. The first-order chi connectivity index (χ1) is 11.4. The second kappa shape index (κ2) is 7.97. The number of rotatable bonds is 5. The third-order valence-electron chi connectivity index (χ3n) is 3.64. The van der Waals surface area contributed by atoms with E-state index in [4.69, 9.17) is 33.7 Å². The van der Waals surface area contributed by atoms with E-state index in [1.807, 2.05) is 6.07 Å². The summed E-state index contributed by atoms with van der Waals surface area (Å²) in [6.45, 7) is 3.55. The van der Waals surface area contributed by atoms with Crippen LogP contribution in [0.4, 0.5) is 4.39 Å². The molecule has 0 saturated carbocycles. The Hall–Kier alpha value is -1.62. The van der Waals surface area contributed by atoms with Crippen molar-refractivity contribution in [3.05, 3.63) is 57.3 Å². The van der Waals surface area contributed by atoms with Crippen LogP contribution in [0, 0.1) is 12.7 Å². The fraction of sp³-hybridized carbons (Fsp3) is 0.278. The van der Waals surface area contributed by atoms with Gasteiger partial charge in [0.05, 0.1) is 18.1 Å². The molecule has 0 aromatic heterocycles. The lowest BCUT2D eigenvalue weighted by Crippen LogP contribution is -2.19.